The van der Waals surface area contributed by atoms with Gasteiger partial charge in [-0.1, -0.05) is 34.4 Å². The van der Waals surface area contributed by atoms with E-state index in [0.717, 1.165) is 22.4 Å². The van der Waals surface area contributed by atoms with Crippen LogP contribution in [0.3, 0.4) is 0 Å². The van der Waals surface area contributed by atoms with Crippen molar-refractivity contribution < 1.29 is 14.4 Å². The Morgan fingerprint density at radius 3 is 2.43 bits per heavy atom. The van der Waals surface area contributed by atoms with E-state index in [-0.39, 0.29) is 0 Å². The van der Waals surface area contributed by atoms with Crippen LogP contribution in [0.2, 0.25) is 10.0 Å². The van der Waals surface area contributed by atoms with E-state index < -0.39 is 17.5 Å². The lowest BCUT2D eigenvalue weighted by Gasteiger charge is -2.22. The number of nitrogens with zero attached hydrogens (tertiary/aromatic N) is 1. The van der Waals surface area contributed by atoms with Crippen LogP contribution in [0, 0.1) is 6.92 Å². The van der Waals surface area contributed by atoms with Gasteiger partial charge in [0.2, 0.25) is 0 Å². The number of rotatable bonds is 3. The Morgan fingerprint density at radius 2 is 1.82 bits per heavy atom. The van der Waals surface area contributed by atoms with E-state index in [0.29, 0.717) is 22.0 Å². The Morgan fingerprint density at radius 1 is 1.14 bits per heavy atom. The molecule has 1 heterocycles. The lowest BCUT2D eigenvalue weighted by atomic mass is 9.88. The summed E-state index contributed by atoms with van der Waals surface area (Å²) in [6.45, 7) is 3.72. The number of hydrogen-bond acceptors (Lipinski definition) is 4. The quantitative estimate of drug-likeness (QED) is 0.772. The molecule has 2 aromatic carbocycles. The van der Waals surface area contributed by atoms with Crippen LogP contribution in [0.25, 0.3) is 0 Å². The lowest BCUT2D eigenvalue weighted by molar-refractivity contribution is -0.00737. The third-order valence-corrected chi connectivity index (χ3v) is 5.03. The van der Waals surface area contributed by atoms with Gasteiger partial charge in [-0.15, -0.1) is 0 Å². The number of hydrogen-bond donors (Lipinski definition) is 2. The maximum absolute atomic E-state index is 12.2. The van der Waals surface area contributed by atoms with E-state index in [4.69, 9.17) is 28.0 Å². The zero-order valence-electron chi connectivity index (χ0n) is 15.6. The van der Waals surface area contributed by atoms with Gasteiger partial charge in [0.15, 0.2) is 5.60 Å². The molecule has 146 valence electrons. The van der Waals surface area contributed by atoms with Crippen molar-refractivity contribution in [1.29, 1.82) is 0 Å². The van der Waals surface area contributed by atoms with Gasteiger partial charge in [-0.25, -0.2) is 4.79 Å². The molecule has 28 heavy (non-hydrogen) atoms. The van der Waals surface area contributed by atoms with Gasteiger partial charge < -0.3 is 10.2 Å². The van der Waals surface area contributed by atoms with Gasteiger partial charge in [0, 0.05) is 34.6 Å². The minimum absolute atomic E-state index is 0.413. The van der Waals surface area contributed by atoms with Gasteiger partial charge in [0.05, 0.1) is 5.71 Å². The van der Waals surface area contributed by atoms with Crippen LogP contribution in [0.5, 0.6) is 0 Å². The maximum atomic E-state index is 12.2. The second-order valence-corrected chi connectivity index (χ2v) is 7.63. The average molecular weight is 420 g/mol. The molecule has 2 N–H and O–H groups in total. The summed E-state index contributed by atoms with van der Waals surface area (Å²) >= 11 is 12.2. The molecule has 0 radical (unpaired) electrons. The Hall–Kier alpha value is -2.57. The lowest BCUT2D eigenvalue weighted by Crippen LogP contribution is -2.37. The van der Waals surface area contributed by atoms with Crippen molar-refractivity contribution in [1.82, 2.24) is 10.6 Å². The zero-order valence-corrected chi connectivity index (χ0v) is 17.1. The predicted molar refractivity (Wildman–Crippen MR) is 109 cm³/mol. The summed E-state index contributed by atoms with van der Waals surface area (Å²) in [5.41, 5.74) is 2.87. The molecule has 3 amide bonds. The molecule has 0 fully saturated rings. The first kappa shape index (κ1) is 20.2. The van der Waals surface area contributed by atoms with Gasteiger partial charge in [-0.3, -0.25) is 10.1 Å². The smallest absolute Gasteiger partial charge is 0.321 e. The minimum Gasteiger partial charge on any atom is -0.384 e. The molecule has 0 saturated heterocycles. The van der Waals surface area contributed by atoms with Gasteiger partial charge in [0.1, 0.15) is 0 Å². The van der Waals surface area contributed by atoms with E-state index in [2.05, 4.69) is 15.8 Å². The van der Waals surface area contributed by atoms with Crippen LogP contribution in [-0.2, 0) is 10.4 Å². The summed E-state index contributed by atoms with van der Waals surface area (Å²) in [4.78, 5) is 29.2. The second kappa shape index (κ2) is 7.81. The average Bonchev–Trinajstić information content (AvgIpc) is 3.04. The molecule has 0 bridgehead atoms. The molecule has 0 spiro atoms. The van der Waals surface area contributed by atoms with E-state index in [1.165, 1.54) is 7.05 Å². The molecule has 8 heteroatoms. The molecule has 1 unspecified atom stereocenters. The number of nitrogens with one attached hydrogen (secondary N) is 2. The molecule has 0 saturated carbocycles. The fourth-order valence-electron chi connectivity index (χ4n) is 3.04. The van der Waals surface area contributed by atoms with Crippen LogP contribution < -0.4 is 10.6 Å². The number of aryl methyl sites for hydroxylation is 1. The highest BCUT2D eigenvalue weighted by Gasteiger charge is 2.37. The molecule has 2 aromatic rings. The zero-order chi connectivity index (χ0) is 20.5. The monoisotopic (exact) mass is 419 g/mol. The van der Waals surface area contributed by atoms with Crippen molar-refractivity contribution in [2.75, 3.05) is 7.05 Å². The summed E-state index contributed by atoms with van der Waals surface area (Å²) in [6, 6.07) is 10.0. The molecular weight excluding hydrogens is 401 g/mol. The molecule has 0 aliphatic carbocycles. The van der Waals surface area contributed by atoms with Crippen molar-refractivity contribution in [3.8, 4) is 0 Å². The Kier molecular flexibility index (Phi) is 5.63. The number of amides is 3. The van der Waals surface area contributed by atoms with Crippen LogP contribution in [0.15, 0.2) is 41.6 Å². The SMILES string of the molecule is CNC(=O)NC(=O)c1ccc(C2=NOC(C)(c3cc(Cl)cc(Cl)c3)C2)cc1C. The highest BCUT2D eigenvalue weighted by atomic mass is 35.5. The van der Waals surface area contributed by atoms with Gasteiger partial charge in [0.25, 0.3) is 5.91 Å². The number of carbonyl (C=O) groups excluding carboxylic acids is 2. The third-order valence-electron chi connectivity index (χ3n) is 4.59. The van der Waals surface area contributed by atoms with Crippen molar-refractivity contribution in [3.63, 3.8) is 0 Å². The topological polar surface area (TPSA) is 79.8 Å². The summed E-state index contributed by atoms with van der Waals surface area (Å²) in [6.07, 6.45) is 0.521. The van der Waals surface area contributed by atoms with E-state index in [1.807, 2.05) is 25.1 Å². The molecular formula is C20H19Cl2N3O3. The number of oxime groups is 1. The molecule has 1 aliphatic rings. The summed E-state index contributed by atoms with van der Waals surface area (Å²) in [7, 11) is 1.45. The Balaban J connectivity index is 1.81. The maximum Gasteiger partial charge on any atom is 0.321 e. The summed E-state index contributed by atoms with van der Waals surface area (Å²) in [5.74, 6) is -0.466. The van der Waals surface area contributed by atoms with Crippen molar-refractivity contribution in [2.24, 2.45) is 5.16 Å². The van der Waals surface area contributed by atoms with Gasteiger partial charge in [-0.2, -0.15) is 0 Å². The third kappa shape index (κ3) is 4.13. The first-order chi connectivity index (χ1) is 13.2. The van der Waals surface area contributed by atoms with Crippen molar-refractivity contribution in [2.45, 2.75) is 25.9 Å². The number of benzene rings is 2. The van der Waals surface area contributed by atoms with E-state index in [1.54, 1.807) is 25.1 Å². The van der Waals surface area contributed by atoms with E-state index in [9.17, 15) is 9.59 Å². The fourth-order valence-corrected chi connectivity index (χ4v) is 3.57. The molecule has 3 rings (SSSR count). The number of carbonyl (C=O) groups is 2. The first-order valence-corrected chi connectivity index (χ1v) is 9.33. The number of urea groups is 1. The fraction of sp³-hybridized carbons (Fsp3) is 0.250. The Labute approximate surface area is 172 Å². The van der Waals surface area contributed by atoms with Crippen LogP contribution >= 0.6 is 23.2 Å². The molecule has 1 aliphatic heterocycles. The van der Waals surface area contributed by atoms with Crippen molar-refractivity contribution >= 4 is 40.9 Å². The van der Waals surface area contributed by atoms with Crippen LogP contribution in [0.4, 0.5) is 4.79 Å². The highest BCUT2D eigenvalue weighted by molar-refractivity contribution is 6.34. The first-order valence-electron chi connectivity index (χ1n) is 8.57. The van der Waals surface area contributed by atoms with Crippen LogP contribution in [0.1, 0.15) is 40.4 Å². The molecule has 6 nitrogen and oxygen atoms in total. The Bertz CT molecular complexity index is 970. The standard InChI is InChI=1S/C20H19Cl2N3O3/c1-11-6-12(4-5-16(11)18(26)24-19(27)23-3)17-10-20(2,28-25-17)13-7-14(21)9-15(22)8-13/h4-9H,10H2,1-3H3,(H2,23,24,26,27). The highest BCUT2D eigenvalue weighted by Crippen LogP contribution is 2.38. The second-order valence-electron chi connectivity index (χ2n) is 6.76. The summed E-state index contributed by atoms with van der Waals surface area (Å²) < 4.78 is 0. The summed E-state index contributed by atoms with van der Waals surface area (Å²) in [5, 5.41) is 9.90. The molecule has 0 aromatic heterocycles. The van der Waals surface area contributed by atoms with Gasteiger partial charge >= 0.3 is 6.03 Å². The minimum atomic E-state index is -0.687. The number of halogens is 2. The number of imide groups is 1. The molecule has 1 atom stereocenters. The van der Waals surface area contributed by atoms with Crippen LogP contribution in [-0.4, -0.2) is 24.7 Å². The van der Waals surface area contributed by atoms with Crippen molar-refractivity contribution in [3.05, 3.63) is 68.7 Å². The van der Waals surface area contributed by atoms with Gasteiger partial charge in [-0.05, 0) is 55.3 Å². The van der Waals surface area contributed by atoms with E-state index >= 15 is 0 Å². The predicted octanol–water partition coefficient (Wildman–Crippen LogP) is 4.41. The largest absolute Gasteiger partial charge is 0.384 e. The normalized spacial score (nSPS) is 18.2.